The molecule has 4 nitrogen and oxygen atoms in total. The van der Waals surface area contributed by atoms with E-state index in [1.54, 1.807) is 0 Å². The quantitative estimate of drug-likeness (QED) is 0.822. The summed E-state index contributed by atoms with van der Waals surface area (Å²) in [5.41, 5.74) is 1.12. The van der Waals surface area contributed by atoms with Gasteiger partial charge in [-0.15, -0.1) is 0 Å². The second-order valence-electron chi connectivity index (χ2n) is 5.23. The first-order chi connectivity index (χ1) is 8.88. The molecule has 106 valence electrons. The van der Waals surface area contributed by atoms with E-state index in [1.165, 1.54) is 0 Å². The predicted molar refractivity (Wildman–Crippen MR) is 75.6 cm³/mol. The number of aliphatic carboxylic acids is 1. The Kier molecular flexibility index (Phi) is 5.83. The molecular formula is C15H23NO3. The highest BCUT2D eigenvalue weighted by Gasteiger charge is 2.16. The number of likely N-dealkylation sites (N-methyl/N-ethyl adjacent to an activating group) is 1. The Hall–Kier alpha value is -1.55. The van der Waals surface area contributed by atoms with E-state index in [9.17, 15) is 4.79 Å². The van der Waals surface area contributed by atoms with Crippen molar-refractivity contribution in [3.63, 3.8) is 0 Å². The summed E-state index contributed by atoms with van der Waals surface area (Å²) in [6.07, 6.45) is 1.03. The van der Waals surface area contributed by atoms with Crippen molar-refractivity contribution in [3.8, 4) is 5.75 Å². The maximum atomic E-state index is 10.8. The summed E-state index contributed by atoms with van der Waals surface area (Å²) in [5.74, 6) is 0.0804. The van der Waals surface area contributed by atoms with Crippen LogP contribution in [-0.4, -0.2) is 42.2 Å². The molecule has 1 unspecified atom stereocenters. The van der Waals surface area contributed by atoms with E-state index in [2.05, 4.69) is 0 Å². The van der Waals surface area contributed by atoms with Gasteiger partial charge in [0.15, 0.2) is 0 Å². The Balaban J connectivity index is 2.66. The highest BCUT2D eigenvalue weighted by atomic mass is 16.5. The minimum absolute atomic E-state index is 0.00867. The van der Waals surface area contributed by atoms with Crippen molar-refractivity contribution in [3.05, 3.63) is 29.8 Å². The lowest BCUT2D eigenvalue weighted by atomic mass is 10.0. The lowest BCUT2D eigenvalue weighted by Gasteiger charge is -2.22. The number of benzene rings is 1. The maximum absolute atomic E-state index is 10.8. The molecule has 0 amide bonds. The molecule has 0 aromatic heterocycles. The van der Waals surface area contributed by atoms with Crippen LogP contribution in [0.4, 0.5) is 0 Å². The fraction of sp³-hybridized carbons (Fsp3) is 0.533. The van der Waals surface area contributed by atoms with Gasteiger partial charge in [0, 0.05) is 6.04 Å². The molecule has 1 aromatic rings. The number of carbonyl (C=O) groups is 1. The van der Waals surface area contributed by atoms with Gasteiger partial charge in [0.25, 0.3) is 0 Å². The number of carboxylic acid groups (broad SMARTS) is 1. The summed E-state index contributed by atoms with van der Waals surface area (Å²) in [6.45, 7) is 3.98. The third-order valence-corrected chi connectivity index (χ3v) is 2.91. The van der Waals surface area contributed by atoms with Gasteiger partial charge in [-0.2, -0.15) is 0 Å². The number of ether oxygens (including phenoxy) is 1. The standard InChI is InChI=1S/C15H23NO3/c1-11(2)19-14-7-5-12(6-8-14)9-13(16(3)4)10-15(17)18/h5-8,11,13H,9-10H2,1-4H3,(H,17,18). The van der Waals surface area contributed by atoms with Crippen molar-refractivity contribution in [1.29, 1.82) is 0 Å². The molecule has 0 heterocycles. The minimum Gasteiger partial charge on any atom is -0.491 e. The first-order valence-electron chi connectivity index (χ1n) is 6.52. The zero-order chi connectivity index (χ0) is 14.4. The number of hydrogen-bond acceptors (Lipinski definition) is 3. The van der Waals surface area contributed by atoms with E-state index < -0.39 is 5.97 Å². The van der Waals surface area contributed by atoms with Crippen molar-refractivity contribution in [2.45, 2.75) is 38.8 Å². The molecule has 1 aromatic carbocycles. The van der Waals surface area contributed by atoms with Gasteiger partial charge in [0.1, 0.15) is 5.75 Å². The average Bonchev–Trinajstić information content (AvgIpc) is 2.29. The first kappa shape index (κ1) is 15.5. The van der Waals surface area contributed by atoms with Gasteiger partial charge in [-0.3, -0.25) is 4.79 Å². The highest BCUT2D eigenvalue weighted by molar-refractivity contribution is 5.67. The molecule has 0 saturated heterocycles. The second kappa shape index (κ2) is 7.14. The molecule has 1 N–H and O–H groups in total. The molecule has 19 heavy (non-hydrogen) atoms. The SMILES string of the molecule is CC(C)Oc1ccc(CC(CC(=O)O)N(C)C)cc1. The Bertz CT molecular complexity index is 398. The van der Waals surface area contributed by atoms with Gasteiger partial charge in [-0.1, -0.05) is 12.1 Å². The Morgan fingerprint density at radius 2 is 1.84 bits per heavy atom. The summed E-state index contributed by atoms with van der Waals surface area (Å²) in [6, 6.07) is 7.87. The molecule has 0 spiro atoms. The number of nitrogens with zero attached hydrogens (tertiary/aromatic N) is 1. The van der Waals surface area contributed by atoms with Crippen LogP contribution in [-0.2, 0) is 11.2 Å². The van der Waals surface area contributed by atoms with Gasteiger partial charge in [0.05, 0.1) is 12.5 Å². The summed E-state index contributed by atoms with van der Waals surface area (Å²) >= 11 is 0. The average molecular weight is 265 g/mol. The van der Waals surface area contributed by atoms with Crippen molar-refractivity contribution in [1.82, 2.24) is 4.90 Å². The van der Waals surface area contributed by atoms with Crippen molar-refractivity contribution < 1.29 is 14.6 Å². The van der Waals surface area contributed by atoms with Crippen LogP contribution in [0.25, 0.3) is 0 Å². The fourth-order valence-electron chi connectivity index (χ4n) is 1.89. The van der Waals surface area contributed by atoms with Crippen molar-refractivity contribution in [2.24, 2.45) is 0 Å². The van der Waals surface area contributed by atoms with Crippen LogP contribution in [0.2, 0.25) is 0 Å². The summed E-state index contributed by atoms with van der Waals surface area (Å²) < 4.78 is 5.58. The van der Waals surface area contributed by atoms with E-state index in [-0.39, 0.29) is 18.6 Å². The van der Waals surface area contributed by atoms with Crippen LogP contribution >= 0.6 is 0 Å². The van der Waals surface area contributed by atoms with Crippen molar-refractivity contribution >= 4 is 5.97 Å². The predicted octanol–water partition coefficient (Wildman–Crippen LogP) is 2.42. The maximum Gasteiger partial charge on any atom is 0.304 e. The molecule has 4 heteroatoms. The first-order valence-corrected chi connectivity index (χ1v) is 6.52. The number of hydrogen-bond donors (Lipinski definition) is 1. The molecule has 1 atom stereocenters. The lowest BCUT2D eigenvalue weighted by molar-refractivity contribution is -0.138. The van der Waals surface area contributed by atoms with Crippen LogP contribution in [0.5, 0.6) is 5.75 Å². The normalized spacial score (nSPS) is 12.7. The second-order valence-corrected chi connectivity index (χ2v) is 5.23. The zero-order valence-corrected chi connectivity index (χ0v) is 12.1. The van der Waals surface area contributed by atoms with E-state index >= 15 is 0 Å². The van der Waals surface area contributed by atoms with Crippen LogP contribution in [0, 0.1) is 0 Å². The third-order valence-electron chi connectivity index (χ3n) is 2.91. The van der Waals surface area contributed by atoms with Gasteiger partial charge in [-0.05, 0) is 52.1 Å². The molecule has 1 rings (SSSR count). The highest BCUT2D eigenvalue weighted by Crippen LogP contribution is 2.16. The molecule has 0 fully saturated rings. The smallest absolute Gasteiger partial charge is 0.304 e. The van der Waals surface area contributed by atoms with Gasteiger partial charge in [-0.25, -0.2) is 0 Å². The van der Waals surface area contributed by atoms with E-state index in [1.807, 2.05) is 57.1 Å². The summed E-state index contributed by atoms with van der Waals surface area (Å²) in [7, 11) is 3.81. The molecule has 0 aliphatic heterocycles. The van der Waals surface area contributed by atoms with Crippen LogP contribution in [0.1, 0.15) is 25.8 Å². The lowest BCUT2D eigenvalue weighted by Crippen LogP contribution is -2.32. The van der Waals surface area contributed by atoms with E-state index in [0.29, 0.717) is 0 Å². The molecule has 0 saturated carbocycles. The van der Waals surface area contributed by atoms with Crippen LogP contribution in [0.3, 0.4) is 0 Å². The Morgan fingerprint density at radius 3 is 2.26 bits per heavy atom. The van der Waals surface area contributed by atoms with Gasteiger partial charge < -0.3 is 14.7 Å². The summed E-state index contributed by atoms with van der Waals surface area (Å²) in [5, 5.41) is 8.91. The van der Waals surface area contributed by atoms with E-state index in [0.717, 1.165) is 17.7 Å². The van der Waals surface area contributed by atoms with Crippen LogP contribution < -0.4 is 4.74 Å². The fourth-order valence-corrected chi connectivity index (χ4v) is 1.89. The molecule has 0 radical (unpaired) electrons. The molecular weight excluding hydrogens is 242 g/mol. The topological polar surface area (TPSA) is 49.8 Å². The zero-order valence-electron chi connectivity index (χ0n) is 12.1. The third kappa shape index (κ3) is 5.75. The van der Waals surface area contributed by atoms with Crippen molar-refractivity contribution in [2.75, 3.05) is 14.1 Å². The molecule has 0 aliphatic rings. The van der Waals surface area contributed by atoms with E-state index in [4.69, 9.17) is 9.84 Å². The summed E-state index contributed by atoms with van der Waals surface area (Å²) in [4.78, 5) is 12.8. The van der Waals surface area contributed by atoms with Gasteiger partial charge >= 0.3 is 5.97 Å². The number of carboxylic acids is 1. The molecule has 0 bridgehead atoms. The Labute approximate surface area is 115 Å². The van der Waals surface area contributed by atoms with Crippen LogP contribution in [0.15, 0.2) is 24.3 Å². The minimum atomic E-state index is -0.765. The van der Waals surface area contributed by atoms with Gasteiger partial charge in [0.2, 0.25) is 0 Å². The largest absolute Gasteiger partial charge is 0.491 e. The Morgan fingerprint density at radius 1 is 1.26 bits per heavy atom. The number of rotatable bonds is 7. The monoisotopic (exact) mass is 265 g/mol. The molecule has 0 aliphatic carbocycles.